The summed E-state index contributed by atoms with van der Waals surface area (Å²) in [5, 5.41) is 25.7. The summed E-state index contributed by atoms with van der Waals surface area (Å²) in [5.74, 6) is -0.0312. The largest absolute Gasteiger partial charge is 0.454 e. The summed E-state index contributed by atoms with van der Waals surface area (Å²) in [7, 11) is 0. The van der Waals surface area contributed by atoms with Gasteiger partial charge in [0.1, 0.15) is 0 Å². The van der Waals surface area contributed by atoms with Gasteiger partial charge >= 0.3 is 0 Å². The third kappa shape index (κ3) is 3.66. The molecule has 1 N–H and O–H groups in total. The highest BCUT2D eigenvalue weighted by Crippen LogP contribution is 2.37. The normalized spacial score (nSPS) is 12.2. The van der Waals surface area contributed by atoms with Crippen LogP contribution in [-0.2, 0) is 0 Å². The Hall–Kier alpha value is -4.02. The highest BCUT2D eigenvalue weighted by molar-refractivity contribution is 5.96. The molecule has 2 aromatic carbocycles. The van der Waals surface area contributed by atoms with E-state index >= 15 is 0 Å². The van der Waals surface area contributed by atoms with Crippen molar-refractivity contribution >= 4 is 23.5 Å². The Labute approximate surface area is 151 Å². The molecule has 0 unspecified atom stereocenters. The molecule has 0 atom stereocenters. The quantitative estimate of drug-likeness (QED) is 0.481. The number of nitro groups is 2. The molecule has 0 bridgehead atoms. The number of rotatable bonds is 5. The van der Waals surface area contributed by atoms with E-state index in [1.165, 1.54) is 37.3 Å². The lowest BCUT2D eigenvalue weighted by molar-refractivity contribution is -0.385. The summed E-state index contributed by atoms with van der Waals surface area (Å²) >= 11 is 0. The second-order valence-corrected chi connectivity index (χ2v) is 5.48. The van der Waals surface area contributed by atoms with Gasteiger partial charge in [-0.3, -0.25) is 25.0 Å². The Kier molecular flexibility index (Phi) is 4.66. The van der Waals surface area contributed by atoms with Gasteiger partial charge in [0, 0.05) is 17.2 Å². The Morgan fingerprint density at radius 3 is 2.41 bits per heavy atom. The lowest BCUT2D eigenvalue weighted by Gasteiger charge is -2.03. The molecular weight excluding hydrogens is 360 g/mol. The molecule has 3 rings (SSSR count). The zero-order valence-electron chi connectivity index (χ0n) is 13.9. The molecule has 1 heterocycles. The first kappa shape index (κ1) is 17.8. The molecule has 0 saturated carbocycles. The van der Waals surface area contributed by atoms with Crippen molar-refractivity contribution < 1.29 is 24.1 Å². The van der Waals surface area contributed by atoms with Crippen LogP contribution in [0.15, 0.2) is 35.4 Å². The van der Waals surface area contributed by atoms with Crippen LogP contribution >= 0.6 is 0 Å². The Balaban J connectivity index is 1.78. The van der Waals surface area contributed by atoms with Crippen LogP contribution in [0.1, 0.15) is 21.5 Å². The number of carbonyl (C=O) groups is 1. The smallest absolute Gasteiger partial charge is 0.282 e. The van der Waals surface area contributed by atoms with E-state index < -0.39 is 15.8 Å². The van der Waals surface area contributed by atoms with Crippen LogP contribution in [0.5, 0.6) is 11.5 Å². The average Bonchev–Trinajstić information content (AvgIpc) is 3.07. The van der Waals surface area contributed by atoms with Gasteiger partial charge in [-0.2, -0.15) is 5.10 Å². The maximum absolute atomic E-state index is 12.1. The molecule has 0 fully saturated rings. The Morgan fingerprint density at radius 1 is 1.11 bits per heavy atom. The molecule has 27 heavy (non-hydrogen) atoms. The van der Waals surface area contributed by atoms with Gasteiger partial charge in [0.25, 0.3) is 17.3 Å². The molecule has 0 aromatic heterocycles. The van der Waals surface area contributed by atoms with E-state index in [9.17, 15) is 25.0 Å². The summed E-state index contributed by atoms with van der Waals surface area (Å²) in [5.41, 5.74) is 2.46. The van der Waals surface area contributed by atoms with Gasteiger partial charge in [0.2, 0.25) is 6.79 Å². The van der Waals surface area contributed by atoms with Crippen LogP contribution in [0, 0.1) is 27.2 Å². The first-order valence-electron chi connectivity index (χ1n) is 7.53. The molecule has 0 spiro atoms. The number of hydrazone groups is 1. The molecule has 0 radical (unpaired) electrons. The predicted molar refractivity (Wildman–Crippen MR) is 92.1 cm³/mol. The molecule has 1 aliphatic rings. The number of hydrogen-bond acceptors (Lipinski definition) is 8. The van der Waals surface area contributed by atoms with Crippen LogP contribution in [0.4, 0.5) is 11.4 Å². The number of fused-ring (bicyclic) bond motifs is 1. The van der Waals surface area contributed by atoms with E-state index in [0.717, 1.165) is 6.21 Å². The summed E-state index contributed by atoms with van der Waals surface area (Å²) in [4.78, 5) is 32.9. The van der Waals surface area contributed by atoms with Crippen molar-refractivity contribution in [2.45, 2.75) is 6.92 Å². The van der Waals surface area contributed by atoms with Crippen LogP contribution in [0.25, 0.3) is 0 Å². The average molecular weight is 372 g/mol. The molecule has 2 aromatic rings. The van der Waals surface area contributed by atoms with Gasteiger partial charge in [-0.05, 0) is 25.1 Å². The molecule has 138 valence electrons. The van der Waals surface area contributed by atoms with Crippen molar-refractivity contribution in [2.75, 3.05) is 6.79 Å². The fourth-order valence-electron chi connectivity index (χ4n) is 2.44. The number of hydrogen-bond donors (Lipinski definition) is 1. The minimum absolute atomic E-state index is 0.0384. The van der Waals surface area contributed by atoms with Gasteiger partial charge in [-0.1, -0.05) is 0 Å². The lowest BCUT2D eigenvalue weighted by atomic mass is 10.1. The number of aryl methyl sites for hydroxylation is 1. The predicted octanol–water partition coefficient (Wildman–Crippen LogP) is 2.30. The van der Waals surface area contributed by atoms with Gasteiger partial charge in [0.05, 0.1) is 27.7 Å². The van der Waals surface area contributed by atoms with E-state index in [1.807, 2.05) is 0 Å². The van der Waals surface area contributed by atoms with Crippen LogP contribution in [-0.4, -0.2) is 28.8 Å². The van der Waals surface area contributed by atoms with Gasteiger partial charge in [0.15, 0.2) is 11.5 Å². The maximum Gasteiger partial charge on any atom is 0.282 e. The Morgan fingerprint density at radius 2 is 1.78 bits per heavy atom. The first-order chi connectivity index (χ1) is 12.9. The summed E-state index contributed by atoms with van der Waals surface area (Å²) in [6.45, 7) is 1.47. The summed E-state index contributed by atoms with van der Waals surface area (Å²) < 4.78 is 10.3. The number of ether oxygens (including phenoxy) is 2. The number of nitro benzene ring substituents is 2. The molecule has 11 nitrogen and oxygen atoms in total. The zero-order chi connectivity index (χ0) is 19.6. The van der Waals surface area contributed by atoms with Crippen molar-refractivity contribution in [1.82, 2.24) is 5.43 Å². The number of amides is 1. The van der Waals surface area contributed by atoms with E-state index in [4.69, 9.17) is 9.47 Å². The molecule has 11 heteroatoms. The summed E-state index contributed by atoms with van der Waals surface area (Å²) in [6, 6.07) is 6.46. The second-order valence-electron chi connectivity index (χ2n) is 5.48. The number of nitrogens with zero attached hydrogens (tertiary/aromatic N) is 3. The van der Waals surface area contributed by atoms with Crippen molar-refractivity contribution in [3.8, 4) is 11.5 Å². The monoisotopic (exact) mass is 372 g/mol. The van der Waals surface area contributed by atoms with Gasteiger partial charge in [-0.25, -0.2) is 5.43 Å². The summed E-state index contributed by atoms with van der Waals surface area (Å²) in [6.07, 6.45) is 1.11. The van der Waals surface area contributed by atoms with Crippen LogP contribution < -0.4 is 14.9 Å². The number of carbonyl (C=O) groups excluding carboxylic acids is 1. The van der Waals surface area contributed by atoms with E-state index in [0.29, 0.717) is 11.3 Å². The molecule has 0 aliphatic carbocycles. The van der Waals surface area contributed by atoms with Gasteiger partial charge in [-0.15, -0.1) is 0 Å². The third-order valence-electron chi connectivity index (χ3n) is 3.74. The van der Waals surface area contributed by atoms with Gasteiger partial charge < -0.3 is 9.47 Å². The third-order valence-corrected chi connectivity index (χ3v) is 3.74. The minimum Gasteiger partial charge on any atom is -0.454 e. The van der Waals surface area contributed by atoms with Crippen LogP contribution in [0.2, 0.25) is 0 Å². The standard InChI is InChI=1S/C16H12N4O7/c1-9-4-10(2-3-12(9)19(22)23)16(21)18-17-7-11-5-14-15(27-8-26-14)6-13(11)20(24)25/h2-7H,8H2,1H3,(H,18,21)/b17-7+. The maximum atomic E-state index is 12.1. The molecule has 1 amide bonds. The first-order valence-corrected chi connectivity index (χ1v) is 7.53. The molecular formula is C16H12N4O7. The fraction of sp³-hybridized carbons (Fsp3) is 0.125. The zero-order valence-corrected chi connectivity index (χ0v) is 13.9. The number of benzene rings is 2. The highest BCUT2D eigenvalue weighted by Gasteiger charge is 2.22. The van der Waals surface area contributed by atoms with E-state index in [1.54, 1.807) is 0 Å². The van der Waals surface area contributed by atoms with Crippen molar-refractivity contribution in [3.63, 3.8) is 0 Å². The van der Waals surface area contributed by atoms with Crippen molar-refractivity contribution in [2.24, 2.45) is 5.10 Å². The topological polar surface area (TPSA) is 146 Å². The number of nitrogens with one attached hydrogen (secondary N) is 1. The molecule has 0 saturated heterocycles. The van der Waals surface area contributed by atoms with E-state index in [2.05, 4.69) is 10.5 Å². The van der Waals surface area contributed by atoms with E-state index in [-0.39, 0.29) is 35.0 Å². The van der Waals surface area contributed by atoms with Crippen molar-refractivity contribution in [1.29, 1.82) is 0 Å². The Bertz CT molecular complexity index is 987. The SMILES string of the molecule is Cc1cc(C(=O)N/N=C/c2cc3c(cc2[N+](=O)[O-])OCO3)ccc1[N+](=O)[O-]. The molecule has 1 aliphatic heterocycles. The van der Waals surface area contributed by atoms with Crippen LogP contribution in [0.3, 0.4) is 0 Å². The fourth-order valence-corrected chi connectivity index (χ4v) is 2.44. The second kappa shape index (κ2) is 7.07. The van der Waals surface area contributed by atoms with Crippen molar-refractivity contribution in [3.05, 3.63) is 67.3 Å². The lowest BCUT2D eigenvalue weighted by Crippen LogP contribution is -2.18. The highest BCUT2D eigenvalue weighted by atomic mass is 16.7. The minimum atomic E-state index is -0.618.